The van der Waals surface area contributed by atoms with E-state index in [9.17, 15) is 9.59 Å². The van der Waals surface area contributed by atoms with E-state index in [1.54, 1.807) is 12.1 Å². The molecule has 1 aromatic rings. The van der Waals surface area contributed by atoms with Gasteiger partial charge in [0, 0.05) is 22.4 Å². The van der Waals surface area contributed by atoms with Crippen LogP contribution in [0.4, 0.5) is 5.69 Å². The van der Waals surface area contributed by atoms with Gasteiger partial charge in [0.25, 0.3) is 11.8 Å². The Balaban J connectivity index is 3.20. The fourth-order valence-electron chi connectivity index (χ4n) is 2.23. The summed E-state index contributed by atoms with van der Waals surface area (Å²) in [6, 6.07) is 2.83. The molecule has 7 N–H and O–H groups in total. The van der Waals surface area contributed by atoms with Crippen LogP contribution in [0.2, 0.25) is 0 Å². The number of amides is 2. The molecule has 0 spiro atoms. The Morgan fingerprint density at radius 2 is 1.19 bits per heavy atom. The van der Waals surface area contributed by atoms with Crippen molar-refractivity contribution in [1.82, 2.24) is 10.6 Å². The molecule has 1 rings (SSSR count). The third-order valence-corrected chi connectivity index (χ3v) is 3.53. The van der Waals surface area contributed by atoms with Crippen molar-refractivity contribution in [2.24, 2.45) is 0 Å². The van der Waals surface area contributed by atoms with Crippen molar-refractivity contribution in [1.29, 1.82) is 0 Å². The van der Waals surface area contributed by atoms with E-state index in [-0.39, 0.29) is 16.7 Å². The third kappa shape index (κ3) is 7.51. The number of benzene rings is 1. The highest BCUT2D eigenvalue weighted by Gasteiger charge is 2.19. The van der Waals surface area contributed by atoms with Crippen molar-refractivity contribution >= 4 is 17.5 Å². The van der Waals surface area contributed by atoms with E-state index in [1.165, 1.54) is 6.07 Å². The van der Waals surface area contributed by atoms with Gasteiger partial charge < -0.3 is 36.4 Å². The minimum Gasteiger partial charge on any atom is -0.394 e. The maximum absolute atomic E-state index is 12.4. The van der Waals surface area contributed by atoms with Crippen LogP contribution >= 0.6 is 0 Å². The highest BCUT2D eigenvalue weighted by atomic mass is 16.3. The van der Waals surface area contributed by atoms with Crippen molar-refractivity contribution in [2.75, 3.05) is 31.7 Å². The van der Waals surface area contributed by atoms with Crippen LogP contribution in [-0.4, -0.2) is 76.3 Å². The van der Waals surface area contributed by atoms with Crippen molar-refractivity contribution in [3.8, 4) is 0 Å². The number of carbonyl (C=O) groups is 2. The lowest BCUT2D eigenvalue weighted by atomic mass is 10.0. The number of anilines is 1. The summed E-state index contributed by atoms with van der Waals surface area (Å²) in [6.45, 7) is 4.05. The van der Waals surface area contributed by atoms with Crippen LogP contribution in [0, 0.1) is 0 Å². The van der Waals surface area contributed by atoms with Gasteiger partial charge in [-0.05, 0) is 39.0 Å². The van der Waals surface area contributed by atoms with Gasteiger partial charge in [-0.15, -0.1) is 0 Å². The first-order chi connectivity index (χ1) is 12.6. The number of nitrogens with one attached hydrogen (secondary N) is 3. The minimum absolute atomic E-state index is 0.158. The average Bonchev–Trinajstić information content (AvgIpc) is 2.61. The second-order valence-electron chi connectivity index (χ2n) is 7.25. The fraction of sp³-hybridized carbons (Fsp3) is 0.556. The summed E-state index contributed by atoms with van der Waals surface area (Å²) >= 11 is 0. The molecule has 0 aliphatic heterocycles. The van der Waals surface area contributed by atoms with E-state index < -0.39 is 50.3 Å². The first-order valence-electron chi connectivity index (χ1n) is 8.62. The molecule has 0 radical (unpaired) electrons. The molecule has 0 heterocycles. The molecule has 0 fully saturated rings. The molecule has 0 unspecified atom stereocenters. The first kappa shape index (κ1) is 22.8. The number of hydrogen-bond acceptors (Lipinski definition) is 7. The van der Waals surface area contributed by atoms with Crippen molar-refractivity contribution in [3.63, 3.8) is 0 Å². The Morgan fingerprint density at radius 3 is 1.48 bits per heavy atom. The van der Waals surface area contributed by atoms with Gasteiger partial charge in [-0.2, -0.15) is 0 Å². The fourth-order valence-corrected chi connectivity index (χ4v) is 2.23. The molecule has 0 saturated heterocycles. The second kappa shape index (κ2) is 10.2. The summed E-state index contributed by atoms with van der Waals surface area (Å²) in [5.41, 5.74) is 0.506. The normalized spacial score (nSPS) is 11.6. The maximum atomic E-state index is 12.4. The van der Waals surface area contributed by atoms with Crippen LogP contribution in [0.15, 0.2) is 18.2 Å². The Kier molecular flexibility index (Phi) is 8.64. The summed E-state index contributed by atoms with van der Waals surface area (Å²) in [5.74, 6) is -1.12. The molecule has 0 aliphatic rings. The molecule has 0 aromatic heterocycles. The largest absolute Gasteiger partial charge is 0.394 e. The predicted molar refractivity (Wildman–Crippen MR) is 101 cm³/mol. The van der Waals surface area contributed by atoms with Gasteiger partial charge in [-0.3, -0.25) is 9.59 Å². The van der Waals surface area contributed by atoms with Gasteiger partial charge in [0.2, 0.25) is 0 Å². The molecule has 0 aliphatic carbocycles. The Hall–Kier alpha value is -2.20. The van der Waals surface area contributed by atoms with Crippen molar-refractivity contribution in [3.05, 3.63) is 29.3 Å². The van der Waals surface area contributed by atoms with E-state index in [1.807, 2.05) is 20.8 Å². The Morgan fingerprint density at radius 1 is 0.815 bits per heavy atom. The highest BCUT2D eigenvalue weighted by Crippen LogP contribution is 2.20. The number of aliphatic hydroxyl groups is 4. The predicted octanol–water partition coefficient (Wildman–Crippen LogP) is -0.937. The van der Waals surface area contributed by atoms with Gasteiger partial charge in [0.1, 0.15) is 0 Å². The summed E-state index contributed by atoms with van der Waals surface area (Å²) in [5, 5.41) is 44.6. The standard InChI is InChI=1S/C18H29N3O6/c1-18(2,3)21-13-5-11(16(26)19-14(7-22)8-23)4-12(6-13)17(27)20-15(9-24)10-25/h4-6,14-15,21-25H,7-10H2,1-3H3,(H,19,26)(H,20,27). The smallest absolute Gasteiger partial charge is 0.251 e. The molecule has 152 valence electrons. The van der Waals surface area contributed by atoms with Crippen LogP contribution in [0.1, 0.15) is 41.5 Å². The van der Waals surface area contributed by atoms with Gasteiger partial charge >= 0.3 is 0 Å². The molecule has 9 nitrogen and oxygen atoms in total. The molecular formula is C18H29N3O6. The quantitative estimate of drug-likeness (QED) is 0.291. The third-order valence-electron chi connectivity index (χ3n) is 3.53. The van der Waals surface area contributed by atoms with E-state index in [4.69, 9.17) is 20.4 Å². The molecule has 0 bridgehead atoms. The minimum atomic E-state index is -0.817. The first-order valence-corrected chi connectivity index (χ1v) is 8.62. The number of aliphatic hydroxyl groups excluding tert-OH is 4. The Labute approximate surface area is 158 Å². The molecule has 9 heteroatoms. The number of rotatable bonds is 9. The number of hydrogen-bond donors (Lipinski definition) is 7. The zero-order valence-electron chi connectivity index (χ0n) is 15.8. The van der Waals surface area contributed by atoms with Gasteiger partial charge in [-0.25, -0.2) is 0 Å². The summed E-state index contributed by atoms with van der Waals surface area (Å²) in [7, 11) is 0. The summed E-state index contributed by atoms with van der Waals surface area (Å²) in [6.07, 6.45) is 0. The molecular weight excluding hydrogens is 354 g/mol. The summed E-state index contributed by atoms with van der Waals surface area (Å²) in [4.78, 5) is 24.9. The molecule has 27 heavy (non-hydrogen) atoms. The van der Waals surface area contributed by atoms with Crippen LogP contribution in [-0.2, 0) is 0 Å². The zero-order valence-corrected chi connectivity index (χ0v) is 15.8. The van der Waals surface area contributed by atoms with E-state index in [0.717, 1.165) is 0 Å². The SMILES string of the molecule is CC(C)(C)Nc1cc(C(=O)NC(CO)CO)cc(C(=O)NC(CO)CO)c1. The van der Waals surface area contributed by atoms with E-state index in [2.05, 4.69) is 16.0 Å². The monoisotopic (exact) mass is 383 g/mol. The van der Waals surface area contributed by atoms with Gasteiger partial charge in [0.15, 0.2) is 0 Å². The number of carbonyl (C=O) groups excluding carboxylic acids is 2. The zero-order chi connectivity index (χ0) is 20.6. The van der Waals surface area contributed by atoms with Gasteiger partial charge in [0.05, 0.1) is 38.5 Å². The second-order valence-corrected chi connectivity index (χ2v) is 7.25. The average molecular weight is 383 g/mol. The molecule has 0 saturated carbocycles. The van der Waals surface area contributed by atoms with Crippen LogP contribution in [0.25, 0.3) is 0 Å². The topological polar surface area (TPSA) is 151 Å². The molecule has 1 aromatic carbocycles. The maximum Gasteiger partial charge on any atom is 0.251 e. The van der Waals surface area contributed by atoms with Crippen molar-refractivity contribution in [2.45, 2.75) is 38.4 Å². The van der Waals surface area contributed by atoms with E-state index >= 15 is 0 Å². The van der Waals surface area contributed by atoms with Gasteiger partial charge in [-0.1, -0.05) is 0 Å². The lowest BCUT2D eigenvalue weighted by molar-refractivity contribution is 0.0877. The van der Waals surface area contributed by atoms with Crippen LogP contribution in [0.3, 0.4) is 0 Å². The summed E-state index contributed by atoms with van der Waals surface area (Å²) < 4.78 is 0. The molecule has 2 amide bonds. The molecule has 0 atom stereocenters. The van der Waals surface area contributed by atoms with Crippen LogP contribution < -0.4 is 16.0 Å². The lowest BCUT2D eigenvalue weighted by Crippen LogP contribution is -2.41. The van der Waals surface area contributed by atoms with E-state index in [0.29, 0.717) is 5.69 Å². The lowest BCUT2D eigenvalue weighted by Gasteiger charge is -2.23. The highest BCUT2D eigenvalue weighted by molar-refractivity contribution is 6.01. The Bertz CT molecular complexity index is 592. The van der Waals surface area contributed by atoms with Crippen LogP contribution in [0.5, 0.6) is 0 Å². The van der Waals surface area contributed by atoms with Crippen molar-refractivity contribution < 1.29 is 30.0 Å².